The minimum atomic E-state index is -0.213. The highest BCUT2D eigenvalue weighted by Crippen LogP contribution is 2.08. The van der Waals surface area contributed by atoms with Gasteiger partial charge in [0.05, 0.1) is 20.7 Å². The van der Waals surface area contributed by atoms with Crippen molar-refractivity contribution in [2.24, 2.45) is 0 Å². The molecule has 0 aromatic rings. The summed E-state index contributed by atoms with van der Waals surface area (Å²) in [6, 6.07) is 0. The molecule has 0 atom stereocenters. The number of esters is 1. The Morgan fingerprint density at radius 1 is 0.905 bits per heavy atom. The average Bonchev–Trinajstić information content (AvgIpc) is 2.40. The molecule has 0 aliphatic heterocycles. The predicted octanol–water partition coefficient (Wildman–Crippen LogP) is 3.74. The van der Waals surface area contributed by atoms with Crippen LogP contribution in [0.3, 0.4) is 0 Å². The lowest BCUT2D eigenvalue weighted by Crippen LogP contribution is -2.44. The Bertz CT molecular complexity index is 254. The largest absolute Gasteiger partial charge is 0.460 e. The summed E-state index contributed by atoms with van der Waals surface area (Å²) in [6.07, 6.45) is 10.6. The standard InChI is InChI=1S/C17H36NO3/c1-5-6-7-8-9-10-11-12-14-20-16-18(3,4)13-15-21-17(2)19/h5-16H2,1-4H3/q+1. The van der Waals surface area contributed by atoms with Gasteiger partial charge in [0, 0.05) is 6.92 Å². The van der Waals surface area contributed by atoms with E-state index in [2.05, 4.69) is 21.0 Å². The summed E-state index contributed by atoms with van der Waals surface area (Å²) in [7, 11) is 4.19. The number of carbonyl (C=O) groups is 1. The molecule has 0 fully saturated rings. The van der Waals surface area contributed by atoms with E-state index >= 15 is 0 Å². The van der Waals surface area contributed by atoms with E-state index in [0.29, 0.717) is 13.3 Å². The van der Waals surface area contributed by atoms with Crippen LogP contribution in [0, 0.1) is 0 Å². The smallest absolute Gasteiger partial charge is 0.302 e. The van der Waals surface area contributed by atoms with Gasteiger partial charge in [0.1, 0.15) is 13.2 Å². The van der Waals surface area contributed by atoms with E-state index in [1.807, 2.05) is 0 Å². The lowest BCUT2D eigenvalue weighted by atomic mass is 10.1. The molecular weight excluding hydrogens is 266 g/mol. The summed E-state index contributed by atoms with van der Waals surface area (Å²) in [5.74, 6) is -0.213. The Hall–Kier alpha value is -0.610. The first-order valence-electron chi connectivity index (χ1n) is 8.51. The second-order valence-corrected chi connectivity index (χ2v) is 6.51. The Balaban J connectivity index is 3.34. The third-order valence-electron chi connectivity index (χ3n) is 3.58. The predicted molar refractivity (Wildman–Crippen MR) is 87.0 cm³/mol. The number of unbranched alkanes of at least 4 members (excludes halogenated alkanes) is 7. The molecule has 0 bridgehead atoms. The molecule has 4 nitrogen and oxygen atoms in total. The maximum absolute atomic E-state index is 10.7. The first kappa shape index (κ1) is 20.4. The Kier molecular flexibility index (Phi) is 12.7. The van der Waals surface area contributed by atoms with Crippen LogP contribution in [0.25, 0.3) is 0 Å². The number of hydrogen-bond donors (Lipinski definition) is 0. The van der Waals surface area contributed by atoms with E-state index in [1.165, 1.54) is 51.9 Å². The minimum Gasteiger partial charge on any atom is -0.460 e. The molecule has 126 valence electrons. The van der Waals surface area contributed by atoms with Crippen molar-refractivity contribution in [3.63, 3.8) is 0 Å². The van der Waals surface area contributed by atoms with Gasteiger partial charge < -0.3 is 14.0 Å². The number of nitrogens with zero attached hydrogens (tertiary/aromatic N) is 1. The van der Waals surface area contributed by atoms with Crippen LogP contribution in [0.2, 0.25) is 0 Å². The number of ether oxygens (including phenoxy) is 2. The molecule has 0 spiro atoms. The monoisotopic (exact) mass is 302 g/mol. The second-order valence-electron chi connectivity index (χ2n) is 6.51. The van der Waals surface area contributed by atoms with Crippen molar-refractivity contribution in [1.82, 2.24) is 0 Å². The molecule has 0 aromatic carbocycles. The molecule has 0 radical (unpaired) electrons. The van der Waals surface area contributed by atoms with Crippen LogP contribution >= 0.6 is 0 Å². The normalized spacial score (nSPS) is 11.6. The van der Waals surface area contributed by atoms with E-state index in [4.69, 9.17) is 9.47 Å². The summed E-state index contributed by atoms with van der Waals surface area (Å²) < 4.78 is 11.4. The first-order valence-corrected chi connectivity index (χ1v) is 8.51. The summed E-state index contributed by atoms with van der Waals surface area (Å²) >= 11 is 0. The SMILES string of the molecule is CCCCCCCCCCOC[N+](C)(C)CCOC(C)=O. The fourth-order valence-corrected chi connectivity index (χ4v) is 2.15. The van der Waals surface area contributed by atoms with Crippen LogP contribution in [-0.2, 0) is 14.3 Å². The van der Waals surface area contributed by atoms with E-state index in [9.17, 15) is 4.79 Å². The van der Waals surface area contributed by atoms with Crippen molar-refractivity contribution in [3.05, 3.63) is 0 Å². The highest BCUT2D eigenvalue weighted by atomic mass is 16.5. The molecule has 4 heteroatoms. The molecule has 0 aliphatic carbocycles. The van der Waals surface area contributed by atoms with Gasteiger partial charge in [-0.1, -0.05) is 51.9 Å². The van der Waals surface area contributed by atoms with Crippen LogP contribution in [0.1, 0.15) is 65.2 Å². The highest BCUT2D eigenvalue weighted by Gasteiger charge is 2.15. The zero-order valence-corrected chi connectivity index (χ0v) is 14.7. The van der Waals surface area contributed by atoms with Crippen LogP contribution in [0.15, 0.2) is 0 Å². The molecule has 0 amide bonds. The van der Waals surface area contributed by atoms with Gasteiger partial charge in [0.2, 0.25) is 0 Å². The van der Waals surface area contributed by atoms with Gasteiger partial charge in [-0.3, -0.25) is 4.79 Å². The fourth-order valence-electron chi connectivity index (χ4n) is 2.15. The molecular formula is C17H36NO3+. The molecule has 0 rings (SSSR count). The van der Waals surface area contributed by atoms with Crippen LogP contribution in [-0.4, -0.2) is 51.0 Å². The van der Waals surface area contributed by atoms with Gasteiger partial charge in [-0.15, -0.1) is 0 Å². The third kappa shape index (κ3) is 15.6. The van der Waals surface area contributed by atoms with Crippen molar-refractivity contribution >= 4 is 5.97 Å². The Labute approximate surface area is 131 Å². The van der Waals surface area contributed by atoms with E-state index in [-0.39, 0.29) is 5.97 Å². The zero-order valence-electron chi connectivity index (χ0n) is 14.7. The quantitative estimate of drug-likeness (QED) is 0.212. The van der Waals surface area contributed by atoms with Gasteiger partial charge in [0.15, 0.2) is 6.73 Å². The lowest BCUT2D eigenvalue weighted by Gasteiger charge is -2.28. The van der Waals surface area contributed by atoms with Crippen molar-refractivity contribution < 1.29 is 18.8 Å². The lowest BCUT2D eigenvalue weighted by molar-refractivity contribution is -0.909. The number of likely N-dealkylation sites (N-methyl/N-ethyl adjacent to an activating group) is 1. The van der Waals surface area contributed by atoms with Crippen molar-refractivity contribution in [1.29, 1.82) is 0 Å². The van der Waals surface area contributed by atoms with Gasteiger partial charge >= 0.3 is 5.97 Å². The fraction of sp³-hybridized carbons (Fsp3) is 0.941. The van der Waals surface area contributed by atoms with E-state index in [1.54, 1.807) is 0 Å². The molecule has 0 heterocycles. The first-order chi connectivity index (χ1) is 9.98. The highest BCUT2D eigenvalue weighted by molar-refractivity contribution is 5.65. The molecule has 0 aliphatic rings. The van der Waals surface area contributed by atoms with Crippen molar-refractivity contribution in [2.75, 3.05) is 40.6 Å². The topological polar surface area (TPSA) is 35.5 Å². The van der Waals surface area contributed by atoms with Gasteiger partial charge in [-0.25, -0.2) is 0 Å². The van der Waals surface area contributed by atoms with E-state index in [0.717, 1.165) is 24.1 Å². The Morgan fingerprint density at radius 2 is 1.48 bits per heavy atom. The van der Waals surface area contributed by atoms with Crippen LogP contribution in [0.5, 0.6) is 0 Å². The number of hydrogen-bond acceptors (Lipinski definition) is 3. The molecule has 0 unspecified atom stereocenters. The summed E-state index contributed by atoms with van der Waals surface area (Å²) in [5.41, 5.74) is 0. The summed E-state index contributed by atoms with van der Waals surface area (Å²) in [5, 5.41) is 0. The summed E-state index contributed by atoms with van der Waals surface area (Å²) in [6.45, 7) is 6.46. The maximum Gasteiger partial charge on any atom is 0.302 e. The second kappa shape index (κ2) is 13.1. The van der Waals surface area contributed by atoms with Gasteiger partial charge in [-0.2, -0.15) is 0 Å². The molecule has 0 saturated heterocycles. The average molecular weight is 302 g/mol. The number of carbonyl (C=O) groups excluding carboxylic acids is 1. The zero-order chi connectivity index (χ0) is 16.0. The van der Waals surface area contributed by atoms with Crippen molar-refractivity contribution in [2.45, 2.75) is 65.2 Å². The van der Waals surface area contributed by atoms with Gasteiger partial charge in [0.25, 0.3) is 0 Å². The van der Waals surface area contributed by atoms with Gasteiger partial charge in [-0.05, 0) is 6.42 Å². The molecule has 0 aromatic heterocycles. The molecule has 0 saturated carbocycles. The van der Waals surface area contributed by atoms with Crippen LogP contribution < -0.4 is 0 Å². The summed E-state index contributed by atoms with van der Waals surface area (Å²) in [4.78, 5) is 10.7. The van der Waals surface area contributed by atoms with Crippen LogP contribution in [0.4, 0.5) is 0 Å². The number of rotatable bonds is 14. The third-order valence-corrected chi connectivity index (χ3v) is 3.58. The molecule has 0 N–H and O–H groups in total. The minimum absolute atomic E-state index is 0.213. The number of quaternary nitrogens is 1. The maximum atomic E-state index is 10.7. The molecule has 21 heavy (non-hydrogen) atoms. The van der Waals surface area contributed by atoms with Crippen molar-refractivity contribution in [3.8, 4) is 0 Å². The Morgan fingerprint density at radius 3 is 2.05 bits per heavy atom. The van der Waals surface area contributed by atoms with E-state index < -0.39 is 0 Å².